The molecule has 0 unspecified atom stereocenters. The van der Waals surface area contributed by atoms with Gasteiger partial charge < -0.3 is 5.32 Å². The first-order valence-electron chi connectivity index (χ1n) is 5.18. The fourth-order valence-corrected chi connectivity index (χ4v) is 1.98. The van der Waals surface area contributed by atoms with Crippen molar-refractivity contribution in [1.29, 1.82) is 0 Å². The van der Waals surface area contributed by atoms with Crippen LogP contribution in [0.3, 0.4) is 0 Å². The molecule has 1 aliphatic rings. The van der Waals surface area contributed by atoms with Crippen molar-refractivity contribution in [3.05, 3.63) is 22.4 Å². The monoisotopic (exact) mass is 224 g/mol. The van der Waals surface area contributed by atoms with Crippen molar-refractivity contribution in [3.63, 3.8) is 0 Å². The lowest BCUT2D eigenvalue weighted by Gasteiger charge is -2.06. The van der Waals surface area contributed by atoms with Crippen molar-refractivity contribution < 1.29 is 0 Å². The van der Waals surface area contributed by atoms with Crippen LogP contribution in [0.2, 0.25) is 0 Å². The lowest BCUT2D eigenvalue weighted by molar-refractivity contribution is 0.818. The van der Waals surface area contributed by atoms with Crippen molar-refractivity contribution in [2.45, 2.75) is 25.3 Å². The highest BCUT2D eigenvalue weighted by Crippen LogP contribution is 2.18. The summed E-state index contributed by atoms with van der Waals surface area (Å²) < 4.78 is 0. The van der Waals surface area contributed by atoms with Gasteiger partial charge in [-0.05, 0) is 24.3 Å². The van der Waals surface area contributed by atoms with Crippen molar-refractivity contribution in [3.8, 4) is 0 Å². The van der Waals surface area contributed by atoms with E-state index in [0.717, 1.165) is 13.0 Å². The van der Waals surface area contributed by atoms with E-state index in [1.165, 1.54) is 17.7 Å². The second-order valence-electron chi connectivity index (χ2n) is 3.62. The van der Waals surface area contributed by atoms with E-state index in [4.69, 9.17) is 5.84 Å². The van der Waals surface area contributed by atoms with Crippen LogP contribution in [0.4, 0.5) is 0 Å². The van der Waals surface area contributed by atoms with E-state index in [1.807, 2.05) is 0 Å². The molecule has 0 aromatic carbocycles. The fraction of sp³-hybridized carbons (Fsp3) is 0.500. The molecule has 0 atom stereocenters. The molecular formula is C10H16N4S. The van der Waals surface area contributed by atoms with Crippen LogP contribution < -0.4 is 16.6 Å². The molecule has 0 spiro atoms. The van der Waals surface area contributed by atoms with Gasteiger partial charge in [-0.25, -0.2) is 5.84 Å². The summed E-state index contributed by atoms with van der Waals surface area (Å²) in [5, 5.41) is 5.32. The van der Waals surface area contributed by atoms with Crippen LogP contribution in [-0.4, -0.2) is 18.5 Å². The van der Waals surface area contributed by atoms with E-state index in [1.54, 1.807) is 11.3 Å². The van der Waals surface area contributed by atoms with Crippen molar-refractivity contribution in [1.82, 2.24) is 10.7 Å². The SMILES string of the molecule is NNC(=NCCc1cccs1)NC1CC1. The molecule has 5 heteroatoms. The minimum Gasteiger partial charge on any atom is -0.353 e. The molecule has 1 aromatic rings. The largest absolute Gasteiger partial charge is 0.353 e. The van der Waals surface area contributed by atoms with Gasteiger partial charge in [0.15, 0.2) is 0 Å². The van der Waals surface area contributed by atoms with Gasteiger partial charge >= 0.3 is 0 Å². The molecule has 2 rings (SSSR count). The number of guanidine groups is 1. The highest BCUT2D eigenvalue weighted by Gasteiger charge is 2.21. The van der Waals surface area contributed by atoms with E-state index in [0.29, 0.717) is 12.0 Å². The molecule has 0 aliphatic heterocycles. The number of aliphatic imine (C=N–C) groups is 1. The van der Waals surface area contributed by atoms with Crippen LogP contribution in [0.15, 0.2) is 22.5 Å². The summed E-state index contributed by atoms with van der Waals surface area (Å²) in [6, 6.07) is 4.78. The van der Waals surface area contributed by atoms with Gasteiger partial charge in [-0.1, -0.05) is 6.07 Å². The third-order valence-corrected chi connectivity index (χ3v) is 3.20. The van der Waals surface area contributed by atoms with Gasteiger partial charge in [0.25, 0.3) is 0 Å². The lowest BCUT2D eigenvalue weighted by atomic mass is 10.3. The first kappa shape index (κ1) is 10.4. The van der Waals surface area contributed by atoms with Gasteiger partial charge in [0.2, 0.25) is 5.96 Å². The van der Waals surface area contributed by atoms with Crippen LogP contribution in [0, 0.1) is 0 Å². The zero-order valence-corrected chi connectivity index (χ0v) is 9.39. The van der Waals surface area contributed by atoms with Crippen molar-refractivity contribution in [2.75, 3.05) is 6.54 Å². The van der Waals surface area contributed by atoms with E-state index in [-0.39, 0.29) is 0 Å². The quantitative estimate of drug-likeness (QED) is 0.308. The third kappa shape index (κ3) is 3.53. The number of hydrogen-bond acceptors (Lipinski definition) is 3. The molecule has 4 N–H and O–H groups in total. The minimum absolute atomic E-state index is 0.585. The third-order valence-electron chi connectivity index (χ3n) is 2.26. The molecule has 1 saturated carbocycles. The number of nitrogens with one attached hydrogen (secondary N) is 2. The Morgan fingerprint density at radius 2 is 2.47 bits per heavy atom. The molecule has 1 aliphatic carbocycles. The average molecular weight is 224 g/mol. The standard InChI is InChI=1S/C10H16N4S/c11-14-10(13-8-3-4-8)12-6-5-9-2-1-7-15-9/h1-2,7-8H,3-6,11H2,(H2,12,13,14). The van der Waals surface area contributed by atoms with Crippen LogP contribution in [0.1, 0.15) is 17.7 Å². The summed E-state index contributed by atoms with van der Waals surface area (Å²) in [5.41, 5.74) is 2.60. The van der Waals surface area contributed by atoms with Crippen molar-refractivity contribution in [2.24, 2.45) is 10.8 Å². The normalized spacial score (nSPS) is 16.5. The Bertz CT molecular complexity index is 316. The summed E-state index contributed by atoms with van der Waals surface area (Å²) in [4.78, 5) is 5.74. The topological polar surface area (TPSA) is 62.4 Å². The Balaban J connectivity index is 1.75. The zero-order valence-electron chi connectivity index (χ0n) is 8.57. The lowest BCUT2D eigenvalue weighted by Crippen LogP contribution is -2.42. The van der Waals surface area contributed by atoms with Gasteiger partial charge in [0, 0.05) is 23.9 Å². The second kappa shape index (κ2) is 5.14. The summed E-state index contributed by atoms with van der Waals surface area (Å²) >= 11 is 1.77. The summed E-state index contributed by atoms with van der Waals surface area (Å²) in [6.07, 6.45) is 3.44. The Morgan fingerprint density at radius 1 is 1.60 bits per heavy atom. The average Bonchev–Trinajstić information content (AvgIpc) is 2.91. The van der Waals surface area contributed by atoms with Gasteiger partial charge in [-0.2, -0.15) is 0 Å². The van der Waals surface area contributed by atoms with Gasteiger partial charge in [-0.3, -0.25) is 10.4 Å². The Morgan fingerprint density at radius 3 is 3.07 bits per heavy atom. The first-order valence-corrected chi connectivity index (χ1v) is 6.06. The molecule has 82 valence electrons. The molecule has 1 heterocycles. The Hall–Kier alpha value is -1.07. The fourth-order valence-electron chi connectivity index (χ4n) is 1.29. The molecular weight excluding hydrogens is 208 g/mol. The number of hydrogen-bond donors (Lipinski definition) is 3. The van der Waals surface area contributed by atoms with Crippen LogP contribution in [0.5, 0.6) is 0 Å². The number of hydrazine groups is 1. The number of thiophene rings is 1. The van der Waals surface area contributed by atoms with E-state index < -0.39 is 0 Å². The summed E-state index contributed by atoms with van der Waals surface area (Å²) in [5.74, 6) is 6.08. The molecule has 1 fully saturated rings. The highest BCUT2D eigenvalue weighted by atomic mass is 32.1. The van der Waals surface area contributed by atoms with Crippen LogP contribution in [0.25, 0.3) is 0 Å². The van der Waals surface area contributed by atoms with Gasteiger partial charge in [0.05, 0.1) is 0 Å². The van der Waals surface area contributed by atoms with Crippen LogP contribution >= 0.6 is 11.3 Å². The Labute approximate surface area is 93.6 Å². The molecule has 0 amide bonds. The molecule has 15 heavy (non-hydrogen) atoms. The molecule has 0 radical (unpaired) electrons. The first-order chi connectivity index (χ1) is 7.38. The minimum atomic E-state index is 0.585. The number of nitrogens with two attached hydrogens (primary N) is 1. The maximum Gasteiger partial charge on any atom is 0.205 e. The molecule has 1 aromatic heterocycles. The summed E-state index contributed by atoms with van der Waals surface area (Å²) in [6.45, 7) is 0.778. The maximum absolute atomic E-state index is 5.37. The second-order valence-corrected chi connectivity index (χ2v) is 4.65. The smallest absolute Gasteiger partial charge is 0.205 e. The highest BCUT2D eigenvalue weighted by molar-refractivity contribution is 7.09. The molecule has 0 bridgehead atoms. The van der Waals surface area contributed by atoms with Crippen molar-refractivity contribution >= 4 is 17.3 Å². The van der Waals surface area contributed by atoms with Gasteiger partial charge in [-0.15, -0.1) is 11.3 Å². The maximum atomic E-state index is 5.37. The van der Waals surface area contributed by atoms with E-state index >= 15 is 0 Å². The van der Waals surface area contributed by atoms with E-state index in [2.05, 4.69) is 33.2 Å². The number of rotatable bonds is 4. The van der Waals surface area contributed by atoms with E-state index in [9.17, 15) is 0 Å². The zero-order chi connectivity index (χ0) is 10.5. The number of nitrogens with zero attached hydrogens (tertiary/aromatic N) is 1. The predicted octanol–water partition coefficient (Wildman–Crippen LogP) is 0.862. The van der Waals surface area contributed by atoms with Gasteiger partial charge in [0.1, 0.15) is 0 Å². The van der Waals surface area contributed by atoms with Crippen LogP contribution in [-0.2, 0) is 6.42 Å². The molecule has 0 saturated heterocycles. The predicted molar refractivity (Wildman–Crippen MR) is 63.8 cm³/mol. The molecule has 4 nitrogen and oxygen atoms in total. The summed E-state index contributed by atoms with van der Waals surface area (Å²) in [7, 11) is 0. The Kier molecular flexibility index (Phi) is 3.58.